The lowest BCUT2D eigenvalue weighted by Crippen LogP contribution is -2.36. The van der Waals surface area contributed by atoms with Crippen LogP contribution in [0.4, 0.5) is 0 Å². The Labute approximate surface area is 144 Å². The summed E-state index contributed by atoms with van der Waals surface area (Å²) in [6.45, 7) is 10.5. The van der Waals surface area contributed by atoms with E-state index in [9.17, 15) is 4.57 Å². The van der Waals surface area contributed by atoms with Crippen molar-refractivity contribution >= 4 is 13.4 Å². The standard InChI is InChI=1S/C18H27N2O3P/c1-6-22-24(21,23-7-2)15-13-19-17(14-11-9-8-10-12-14)20-16(15)18(3,4)5/h8-13,16H,6-7H2,1-5H3,(H,19,20). The van der Waals surface area contributed by atoms with Gasteiger partial charge in [-0.1, -0.05) is 51.1 Å². The van der Waals surface area contributed by atoms with Crippen molar-refractivity contribution in [2.24, 2.45) is 10.4 Å². The number of rotatable bonds is 6. The molecule has 1 atom stereocenters. The fourth-order valence-corrected chi connectivity index (χ4v) is 4.62. The molecule has 1 aromatic carbocycles. The third-order valence-corrected chi connectivity index (χ3v) is 5.88. The highest BCUT2D eigenvalue weighted by atomic mass is 31.2. The van der Waals surface area contributed by atoms with E-state index in [-0.39, 0.29) is 11.5 Å². The third-order valence-electron chi connectivity index (χ3n) is 3.68. The quantitative estimate of drug-likeness (QED) is 0.764. The molecule has 0 bridgehead atoms. The average molecular weight is 350 g/mol. The van der Waals surface area contributed by atoms with Gasteiger partial charge in [0.1, 0.15) is 5.84 Å². The summed E-state index contributed by atoms with van der Waals surface area (Å²) in [7, 11) is -3.37. The molecule has 0 fully saturated rings. The highest BCUT2D eigenvalue weighted by molar-refractivity contribution is 7.58. The second-order valence-corrected chi connectivity index (χ2v) is 8.69. The first-order valence-corrected chi connectivity index (χ1v) is 9.85. The van der Waals surface area contributed by atoms with E-state index >= 15 is 0 Å². The maximum Gasteiger partial charge on any atom is 0.360 e. The molecule has 1 heterocycles. The van der Waals surface area contributed by atoms with Gasteiger partial charge >= 0.3 is 7.60 Å². The number of hydrogen-bond donors (Lipinski definition) is 1. The van der Waals surface area contributed by atoms with Crippen LogP contribution in [-0.4, -0.2) is 25.1 Å². The van der Waals surface area contributed by atoms with Gasteiger partial charge < -0.3 is 14.4 Å². The summed E-state index contributed by atoms with van der Waals surface area (Å²) in [6.07, 6.45) is 1.75. The monoisotopic (exact) mass is 350 g/mol. The summed E-state index contributed by atoms with van der Waals surface area (Å²) in [4.78, 5) is 4.84. The van der Waals surface area contributed by atoms with E-state index < -0.39 is 7.60 Å². The Bertz CT molecular complexity index is 653. The summed E-state index contributed by atoms with van der Waals surface area (Å²) in [6, 6.07) is 9.60. The molecule has 2 rings (SSSR count). The van der Waals surface area contributed by atoms with Crippen molar-refractivity contribution < 1.29 is 13.6 Å². The van der Waals surface area contributed by atoms with Crippen LogP contribution in [-0.2, 0) is 13.6 Å². The van der Waals surface area contributed by atoms with Gasteiger partial charge in [0.05, 0.1) is 24.6 Å². The number of hydrogen-bond acceptors (Lipinski definition) is 5. The second kappa shape index (κ2) is 7.64. The maximum atomic E-state index is 13.2. The summed E-state index contributed by atoms with van der Waals surface area (Å²) in [5, 5.41) is 3.75. The van der Waals surface area contributed by atoms with Gasteiger partial charge in [-0.25, -0.2) is 0 Å². The molecule has 1 aliphatic heterocycles. The van der Waals surface area contributed by atoms with Gasteiger partial charge in [-0.3, -0.25) is 9.56 Å². The number of nitrogens with one attached hydrogen (secondary N) is 1. The zero-order valence-electron chi connectivity index (χ0n) is 15.1. The van der Waals surface area contributed by atoms with Gasteiger partial charge in [-0.05, 0) is 19.3 Å². The van der Waals surface area contributed by atoms with Crippen molar-refractivity contribution in [3.8, 4) is 0 Å². The van der Waals surface area contributed by atoms with E-state index in [1.807, 2.05) is 44.2 Å². The minimum Gasteiger partial charge on any atom is -0.346 e. The molecule has 1 unspecified atom stereocenters. The van der Waals surface area contributed by atoms with Crippen molar-refractivity contribution in [1.82, 2.24) is 5.32 Å². The van der Waals surface area contributed by atoms with E-state index in [0.29, 0.717) is 18.5 Å². The van der Waals surface area contributed by atoms with Crippen LogP contribution in [0.15, 0.2) is 46.8 Å². The minimum absolute atomic E-state index is 0.224. The summed E-state index contributed by atoms with van der Waals surface area (Å²) in [5.41, 5.74) is 0.766. The first-order chi connectivity index (χ1) is 11.3. The fourth-order valence-electron chi connectivity index (χ4n) is 2.60. The van der Waals surface area contributed by atoms with Gasteiger partial charge in [0.15, 0.2) is 0 Å². The van der Waals surface area contributed by atoms with Gasteiger partial charge in [0.2, 0.25) is 0 Å². The molecule has 1 aliphatic rings. The van der Waals surface area contributed by atoms with Crippen LogP contribution in [0.3, 0.4) is 0 Å². The molecular formula is C18H27N2O3P. The zero-order valence-corrected chi connectivity index (χ0v) is 16.0. The van der Waals surface area contributed by atoms with Crippen LogP contribution < -0.4 is 5.32 Å². The smallest absolute Gasteiger partial charge is 0.346 e. The normalized spacial score (nSPS) is 18.6. The van der Waals surface area contributed by atoms with Crippen LogP contribution in [0, 0.1) is 5.41 Å². The predicted octanol–water partition coefficient (Wildman–Crippen LogP) is 4.56. The zero-order chi connectivity index (χ0) is 17.8. The average Bonchev–Trinajstić information content (AvgIpc) is 2.55. The van der Waals surface area contributed by atoms with E-state index in [4.69, 9.17) is 14.0 Å². The SMILES string of the molecule is CCOP(=O)(OCC)C1=CNC(c2ccccc2)=NC1C(C)(C)C. The van der Waals surface area contributed by atoms with E-state index in [2.05, 4.69) is 26.1 Å². The topological polar surface area (TPSA) is 59.9 Å². The first kappa shape index (κ1) is 18.9. The summed E-state index contributed by atoms with van der Waals surface area (Å²) >= 11 is 0. The Morgan fingerprint density at radius 1 is 1.12 bits per heavy atom. The maximum absolute atomic E-state index is 13.2. The highest BCUT2D eigenvalue weighted by Crippen LogP contribution is 2.60. The molecule has 0 aliphatic carbocycles. The molecule has 5 nitrogen and oxygen atoms in total. The number of amidine groups is 1. The van der Waals surface area contributed by atoms with Crippen molar-refractivity contribution in [1.29, 1.82) is 0 Å². The van der Waals surface area contributed by atoms with E-state index in [1.54, 1.807) is 6.20 Å². The molecule has 1 N–H and O–H groups in total. The Morgan fingerprint density at radius 2 is 1.71 bits per heavy atom. The van der Waals surface area contributed by atoms with Gasteiger partial charge in [0.25, 0.3) is 0 Å². The number of aliphatic imine (C=N–C) groups is 1. The summed E-state index contributed by atoms with van der Waals surface area (Å²) in [5.74, 6) is 0.763. The summed E-state index contributed by atoms with van der Waals surface area (Å²) < 4.78 is 24.3. The number of nitrogens with zero attached hydrogens (tertiary/aromatic N) is 1. The van der Waals surface area contributed by atoms with Gasteiger partial charge in [-0.15, -0.1) is 0 Å². The molecule has 6 heteroatoms. The first-order valence-electron chi connectivity index (χ1n) is 8.31. The lowest BCUT2D eigenvalue weighted by Gasteiger charge is -2.35. The van der Waals surface area contributed by atoms with E-state index in [0.717, 1.165) is 11.4 Å². The Morgan fingerprint density at radius 3 is 2.21 bits per heavy atom. The molecule has 1 aromatic rings. The molecule has 0 spiro atoms. The Hall–Kier alpha value is -1.42. The molecule has 0 amide bonds. The molecule has 0 saturated heterocycles. The Balaban J connectivity index is 2.44. The van der Waals surface area contributed by atoms with Crippen LogP contribution in [0.25, 0.3) is 0 Å². The van der Waals surface area contributed by atoms with Crippen LogP contribution >= 0.6 is 7.60 Å². The Kier molecular flexibility index (Phi) is 6.02. The van der Waals surface area contributed by atoms with Gasteiger partial charge in [-0.2, -0.15) is 0 Å². The van der Waals surface area contributed by atoms with Crippen LogP contribution in [0.2, 0.25) is 0 Å². The minimum atomic E-state index is -3.37. The van der Waals surface area contributed by atoms with Gasteiger partial charge in [0, 0.05) is 11.8 Å². The van der Waals surface area contributed by atoms with Crippen LogP contribution in [0.1, 0.15) is 40.2 Å². The molecule has 0 saturated carbocycles. The van der Waals surface area contributed by atoms with E-state index in [1.165, 1.54) is 0 Å². The highest BCUT2D eigenvalue weighted by Gasteiger charge is 2.42. The van der Waals surface area contributed by atoms with Crippen molar-refractivity contribution in [3.63, 3.8) is 0 Å². The lowest BCUT2D eigenvalue weighted by atomic mass is 9.86. The fraction of sp³-hybridized carbons (Fsp3) is 0.500. The van der Waals surface area contributed by atoms with Crippen molar-refractivity contribution in [2.75, 3.05) is 13.2 Å². The van der Waals surface area contributed by atoms with Crippen LogP contribution in [0.5, 0.6) is 0 Å². The number of benzene rings is 1. The molecule has 0 radical (unpaired) electrons. The van der Waals surface area contributed by atoms with Crippen molar-refractivity contribution in [3.05, 3.63) is 47.4 Å². The van der Waals surface area contributed by atoms with Crippen molar-refractivity contribution in [2.45, 2.75) is 40.7 Å². The molecule has 24 heavy (non-hydrogen) atoms. The second-order valence-electron chi connectivity index (χ2n) is 6.66. The third kappa shape index (κ3) is 4.15. The molecule has 132 valence electrons. The lowest BCUT2D eigenvalue weighted by molar-refractivity contribution is 0.220. The molecule has 0 aromatic heterocycles. The molecular weight excluding hydrogens is 323 g/mol. The predicted molar refractivity (Wildman–Crippen MR) is 98.3 cm³/mol. The largest absolute Gasteiger partial charge is 0.360 e.